The standard InChI is InChI=1S/C23H29F2N3O3S/c1-32(30,31)28(20-10-11-21(24)22(25)15-20)14-6-9-23(29)26-16-18-7-2-3-8-19(18)17-27-12-4-5-13-27/h2-3,7-8,10-11,15H,4-6,9,12-14,16-17H2,1H3,(H,26,29). The number of halogens is 2. The molecule has 2 aromatic carbocycles. The number of rotatable bonds is 10. The Kier molecular flexibility index (Phi) is 8.20. The lowest BCUT2D eigenvalue weighted by Gasteiger charge is -2.22. The van der Waals surface area contributed by atoms with Crippen molar-refractivity contribution in [2.24, 2.45) is 0 Å². The van der Waals surface area contributed by atoms with Gasteiger partial charge in [-0.1, -0.05) is 24.3 Å². The fourth-order valence-corrected chi connectivity index (χ4v) is 4.82. The van der Waals surface area contributed by atoms with E-state index in [1.165, 1.54) is 24.5 Å². The van der Waals surface area contributed by atoms with Gasteiger partial charge < -0.3 is 5.32 Å². The van der Waals surface area contributed by atoms with Crippen molar-refractivity contribution < 1.29 is 22.0 Å². The molecule has 2 aromatic rings. The van der Waals surface area contributed by atoms with Crippen LogP contribution in [-0.4, -0.2) is 45.1 Å². The molecule has 1 aliphatic heterocycles. The van der Waals surface area contributed by atoms with Gasteiger partial charge in [0.2, 0.25) is 15.9 Å². The molecule has 1 amide bonds. The summed E-state index contributed by atoms with van der Waals surface area (Å²) in [5, 5.41) is 2.90. The molecule has 0 spiro atoms. The van der Waals surface area contributed by atoms with Gasteiger partial charge in [0.1, 0.15) is 0 Å². The van der Waals surface area contributed by atoms with Crippen molar-refractivity contribution in [1.29, 1.82) is 0 Å². The third-order valence-corrected chi connectivity index (χ3v) is 6.74. The summed E-state index contributed by atoms with van der Waals surface area (Å²) in [6.45, 7) is 3.44. The SMILES string of the molecule is CS(=O)(=O)N(CCCC(=O)NCc1ccccc1CN1CCCC1)c1ccc(F)c(F)c1. The van der Waals surface area contributed by atoms with Gasteiger partial charge in [-0.2, -0.15) is 0 Å². The Bertz CT molecular complexity index is 1040. The van der Waals surface area contributed by atoms with Crippen molar-refractivity contribution in [3.8, 4) is 0 Å². The van der Waals surface area contributed by atoms with Crippen molar-refractivity contribution in [3.05, 3.63) is 65.2 Å². The Morgan fingerprint density at radius 1 is 1.06 bits per heavy atom. The first-order valence-corrected chi connectivity index (χ1v) is 12.6. The zero-order valence-corrected chi connectivity index (χ0v) is 19.0. The Hall–Kier alpha value is -2.52. The summed E-state index contributed by atoms with van der Waals surface area (Å²) < 4.78 is 51.9. The van der Waals surface area contributed by atoms with Crippen molar-refractivity contribution in [3.63, 3.8) is 0 Å². The van der Waals surface area contributed by atoms with Crippen LogP contribution in [0.1, 0.15) is 36.8 Å². The van der Waals surface area contributed by atoms with Crippen LogP contribution in [-0.2, 0) is 27.9 Å². The van der Waals surface area contributed by atoms with Gasteiger partial charge in [0.15, 0.2) is 11.6 Å². The molecule has 0 aliphatic carbocycles. The van der Waals surface area contributed by atoms with Crippen molar-refractivity contribution >= 4 is 21.6 Å². The second kappa shape index (κ2) is 10.9. The van der Waals surface area contributed by atoms with E-state index in [-0.39, 0.29) is 31.0 Å². The quantitative estimate of drug-likeness (QED) is 0.584. The number of amides is 1. The Morgan fingerprint density at radius 3 is 2.41 bits per heavy atom. The lowest BCUT2D eigenvalue weighted by Crippen LogP contribution is -2.32. The number of hydrogen-bond acceptors (Lipinski definition) is 4. The van der Waals surface area contributed by atoms with E-state index >= 15 is 0 Å². The molecule has 0 saturated carbocycles. The van der Waals surface area contributed by atoms with Crippen LogP contribution in [0.5, 0.6) is 0 Å². The Labute approximate surface area is 188 Å². The van der Waals surface area contributed by atoms with Crippen LogP contribution in [0.2, 0.25) is 0 Å². The maximum Gasteiger partial charge on any atom is 0.232 e. The minimum absolute atomic E-state index is 0.0110. The first kappa shape index (κ1) is 24.1. The van der Waals surface area contributed by atoms with E-state index in [0.717, 1.165) is 47.9 Å². The van der Waals surface area contributed by atoms with Crippen LogP contribution >= 0.6 is 0 Å². The highest BCUT2D eigenvalue weighted by atomic mass is 32.2. The summed E-state index contributed by atoms with van der Waals surface area (Å²) in [6.07, 6.45) is 3.78. The zero-order chi connectivity index (χ0) is 23.1. The average molecular weight is 466 g/mol. The van der Waals surface area contributed by atoms with Gasteiger partial charge in [-0.05, 0) is 55.6 Å². The largest absolute Gasteiger partial charge is 0.352 e. The smallest absolute Gasteiger partial charge is 0.232 e. The molecular weight excluding hydrogens is 436 g/mol. The molecule has 1 aliphatic rings. The minimum atomic E-state index is -3.71. The summed E-state index contributed by atoms with van der Waals surface area (Å²) >= 11 is 0. The number of hydrogen-bond donors (Lipinski definition) is 1. The molecule has 1 fully saturated rings. The summed E-state index contributed by atoms with van der Waals surface area (Å²) in [4.78, 5) is 14.7. The van der Waals surface area contributed by atoms with Crippen molar-refractivity contribution in [1.82, 2.24) is 10.2 Å². The highest BCUT2D eigenvalue weighted by Gasteiger charge is 2.19. The van der Waals surface area contributed by atoms with Crippen LogP contribution in [0.3, 0.4) is 0 Å². The second-order valence-electron chi connectivity index (χ2n) is 8.07. The summed E-state index contributed by atoms with van der Waals surface area (Å²) in [6, 6.07) is 10.9. The fourth-order valence-electron chi connectivity index (χ4n) is 3.86. The molecule has 0 aromatic heterocycles. The minimum Gasteiger partial charge on any atom is -0.352 e. The predicted octanol–water partition coefficient (Wildman–Crippen LogP) is 3.42. The Morgan fingerprint density at radius 2 is 1.75 bits per heavy atom. The van der Waals surface area contributed by atoms with Gasteiger partial charge in [0.05, 0.1) is 11.9 Å². The molecule has 9 heteroatoms. The van der Waals surface area contributed by atoms with E-state index in [0.29, 0.717) is 6.54 Å². The van der Waals surface area contributed by atoms with E-state index < -0.39 is 21.7 Å². The monoisotopic (exact) mass is 465 g/mol. The van der Waals surface area contributed by atoms with Gasteiger partial charge >= 0.3 is 0 Å². The molecule has 1 N–H and O–H groups in total. The molecule has 6 nitrogen and oxygen atoms in total. The average Bonchev–Trinajstić information content (AvgIpc) is 3.25. The highest BCUT2D eigenvalue weighted by Crippen LogP contribution is 2.21. The van der Waals surface area contributed by atoms with Crippen LogP contribution in [0.4, 0.5) is 14.5 Å². The highest BCUT2D eigenvalue weighted by molar-refractivity contribution is 7.92. The number of nitrogens with zero attached hydrogens (tertiary/aromatic N) is 2. The molecule has 0 atom stereocenters. The molecule has 0 bridgehead atoms. The number of carbonyl (C=O) groups excluding carboxylic acids is 1. The Balaban J connectivity index is 1.52. The predicted molar refractivity (Wildman–Crippen MR) is 121 cm³/mol. The van der Waals surface area contributed by atoms with E-state index in [9.17, 15) is 22.0 Å². The van der Waals surface area contributed by atoms with Gasteiger partial charge in [-0.15, -0.1) is 0 Å². The molecule has 174 valence electrons. The number of likely N-dealkylation sites (tertiary alicyclic amines) is 1. The lowest BCUT2D eigenvalue weighted by molar-refractivity contribution is -0.121. The second-order valence-corrected chi connectivity index (χ2v) is 9.97. The van der Waals surface area contributed by atoms with E-state index in [1.54, 1.807) is 0 Å². The lowest BCUT2D eigenvalue weighted by atomic mass is 10.1. The van der Waals surface area contributed by atoms with E-state index in [2.05, 4.69) is 16.3 Å². The van der Waals surface area contributed by atoms with Crippen LogP contribution in [0, 0.1) is 11.6 Å². The van der Waals surface area contributed by atoms with Crippen molar-refractivity contribution in [2.45, 2.75) is 38.8 Å². The van der Waals surface area contributed by atoms with Crippen LogP contribution in [0.25, 0.3) is 0 Å². The summed E-state index contributed by atoms with van der Waals surface area (Å²) in [5.41, 5.74) is 2.28. The number of carbonyl (C=O) groups is 1. The maximum atomic E-state index is 13.5. The normalized spacial score (nSPS) is 14.5. The van der Waals surface area contributed by atoms with Gasteiger partial charge in [-0.3, -0.25) is 14.0 Å². The number of anilines is 1. The van der Waals surface area contributed by atoms with Crippen LogP contribution in [0.15, 0.2) is 42.5 Å². The van der Waals surface area contributed by atoms with Gasteiger partial charge in [0.25, 0.3) is 0 Å². The molecular formula is C23H29F2N3O3S. The molecule has 0 unspecified atom stereocenters. The molecule has 1 saturated heterocycles. The zero-order valence-electron chi connectivity index (χ0n) is 18.2. The number of nitrogens with one attached hydrogen (secondary N) is 1. The maximum absolute atomic E-state index is 13.5. The first-order chi connectivity index (χ1) is 15.2. The third-order valence-electron chi connectivity index (χ3n) is 5.54. The molecule has 1 heterocycles. The van der Waals surface area contributed by atoms with Crippen LogP contribution < -0.4 is 9.62 Å². The summed E-state index contributed by atoms with van der Waals surface area (Å²) in [5.74, 6) is -2.37. The molecule has 32 heavy (non-hydrogen) atoms. The fraction of sp³-hybridized carbons (Fsp3) is 0.435. The number of benzene rings is 2. The molecule has 3 rings (SSSR count). The van der Waals surface area contributed by atoms with E-state index in [1.807, 2.05) is 18.2 Å². The van der Waals surface area contributed by atoms with E-state index in [4.69, 9.17) is 0 Å². The van der Waals surface area contributed by atoms with Gasteiger partial charge in [-0.25, -0.2) is 17.2 Å². The van der Waals surface area contributed by atoms with Gasteiger partial charge in [0, 0.05) is 32.1 Å². The third kappa shape index (κ3) is 6.74. The summed E-state index contributed by atoms with van der Waals surface area (Å²) in [7, 11) is -3.71. The van der Waals surface area contributed by atoms with Crippen molar-refractivity contribution in [2.75, 3.05) is 30.2 Å². The molecule has 0 radical (unpaired) electrons. The topological polar surface area (TPSA) is 69.7 Å². The first-order valence-electron chi connectivity index (χ1n) is 10.7. The number of sulfonamides is 1.